The maximum Gasteiger partial charge on any atom is 0.254 e. The Labute approximate surface area is 174 Å². The molecule has 0 saturated carbocycles. The van der Waals surface area contributed by atoms with E-state index in [4.69, 9.17) is 0 Å². The minimum Gasteiger partial charge on any atom is -0.348 e. The Bertz CT molecular complexity index is 1070. The molecule has 0 atom stereocenters. The van der Waals surface area contributed by atoms with E-state index < -0.39 is 10.0 Å². The van der Waals surface area contributed by atoms with Crippen LogP contribution >= 0.6 is 11.8 Å². The third kappa shape index (κ3) is 6.15. The highest BCUT2D eigenvalue weighted by Gasteiger charge is 2.13. The van der Waals surface area contributed by atoms with Gasteiger partial charge >= 0.3 is 0 Å². The number of pyridine rings is 1. The van der Waals surface area contributed by atoms with Gasteiger partial charge in [0.25, 0.3) is 5.91 Å². The van der Waals surface area contributed by atoms with Crippen LogP contribution in [0.3, 0.4) is 0 Å². The molecule has 1 heterocycles. The van der Waals surface area contributed by atoms with Crippen molar-refractivity contribution in [3.63, 3.8) is 0 Å². The normalized spacial score (nSPS) is 11.2. The molecular formula is C21H21N3O3S2. The molecule has 1 amide bonds. The molecule has 0 aliphatic rings. The van der Waals surface area contributed by atoms with E-state index >= 15 is 0 Å². The van der Waals surface area contributed by atoms with Crippen molar-refractivity contribution in [1.29, 1.82) is 0 Å². The SMILES string of the molecule is CNS(=O)(=O)Cc1ccc(CNC(=O)c2cccnc2Sc2ccccc2)cc1. The zero-order valence-corrected chi connectivity index (χ0v) is 17.5. The molecule has 0 spiro atoms. The summed E-state index contributed by atoms with van der Waals surface area (Å²) >= 11 is 1.44. The first-order valence-corrected chi connectivity index (χ1v) is 11.4. The largest absolute Gasteiger partial charge is 0.348 e. The van der Waals surface area contributed by atoms with Crippen LogP contribution in [0.15, 0.2) is 82.8 Å². The fourth-order valence-electron chi connectivity index (χ4n) is 2.57. The molecule has 0 unspecified atom stereocenters. The third-order valence-electron chi connectivity index (χ3n) is 4.12. The average Bonchev–Trinajstić information content (AvgIpc) is 2.74. The predicted octanol–water partition coefficient (Wildman–Crippen LogP) is 3.21. The lowest BCUT2D eigenvalue weighted by Crippen LogP contribution is -2.23. The van der Waals surface area contributed by atoms with E-state index in [1.165, 1.54) is 18.8 Å². The molecule has 0 saturated heterocycles. The highest BCUT2D eigenvalue weighted by molar-refractivity contribution is 7.99. The first-order valence-electron chi connectivity index (χ1n) is 8.92. The summed E-state index contributed by atoms with van der Waals surface area (Å²) in [6.07, 6.45) is 1.67. The maximum absolute atomic E-state index is 12.7. The Hall–Kier alpha value is -2.68. The van der Waals surface area contributed by atoms with E-state index in [0.29, 0.717) is 22.7 Å². The molecule has 3 rings (SSSR count). The van der Waals surface area contributed by atoms with E-state index in [2.05, 4.69) is 15.0 Å². The van der Waals surface area contributed by atoms with Crippen molar-refractivity contribution in [1.82, 2.24) is 15.0 Å². The van der Waals surface area contributed by atoms with Crippen molar-refractivity contribution in [2.24, 2.45) is 0 Å². The number of hydrogen-bond donors (Lipinski definition) is 2. The van der Waals surface area contributed by atoms with Gasteiger partial charge in [0.2, 0.25) is 10.0 Å². The lowest BCUT2D eigenvalue weighted by atomic mass is 10.1. The quantitative estimate of drug-likeness (QED) is 0.576. The first-order chi connectivity index (χ1) is 14.0. The second kappa shape index (κ2) is 9.69. The first kappa shape index (κ1) is 21.0. The number of benzene rings is 2. The Morgan fingerprint density at radius 1 is 0.966 bits per heavy atom. The van der Waals surface area contributed by atoms with Gasteiger partial charge in [0.05, 0.1) is 11.3 Å². The summed E-state index contributed by atoms with van der Waals surface area (Å²) < 4.78 is 25.5. The van der Waals surface area contributed by atoms with Gasteiger partial charge in [0.15, 0.2) is 0 Å². The van der Waals surface area contributed by atoms with Gasteiger partial charge < -0.3 is 5.32 Å². The van der Waals surface area contributed by atoms with Gasteiger partial charge in [-0.15, -0.1) is 0 Å². The van der Waals surface area contributed by atoms with E-state index in [1.54, 1.807) is 30.5 Å². The van der Waals surface area contributed by atoms with Gasteiger partial charge in [0.1, 0.15) is 5.03 Å². The molecule has 2 aromatic carbocycles. The molecule has 3 aromatic rings. The van der Waals surface area contributed by atoms with Crippen LogP contribution in [0.2, 0.25) is 0 Å². The maximum atomic E-state index is 12.7. The Morgan fingerprint density at radius 2 is 1.66 bits per heavy atom. The molecule has 0 aliphatic heterocycles. The number of hydrogen-bond acceptors (Lipinski definition) is 5. The second-order valence-corrected chi connectivity index (χ2v) is 9.22. The monoisotopic (exact) mass is 427 g/mol. The summed E-state index contributed by atoms with van der Waals surface area (Å²) in [4.78, 5) is 18.0. The summed E-state index contributed by atoms with van der Waals surface area (Å²) in [6.45, 7) is 0.336. The summed E-state index contributed by atoms with van der Waals surface area (Å²) in [6, 6.07) is 20.4. The number of nitrogens with zero attached hydrogens (tertiary/aromatic N) is 1. The van der Waals surface area contributed by atoms with Crippen LogP contribution in [0.25, 0.3) is 0 Å². The zero-order valence-electron chi connectivity index (χ0n) is 15.8. The van der Waals surface area contributed by atoms with Crippen molar-refractivity contribution >= 4 is 27.7 Å². The van der Waals surface area contributed by atoms with Gasteiger partial charge in [-0.1, -0.05) is 54.2 Å². The summed E-state index contributed by atoms with van der Waals surface area (Å²) in [5, 5.41) is 3.54. The molecule has 6 nitrogen and oxygen atoms in total. The standard InChI is InChI=1S/C21H21N3O3S2/c1-22-29(26,27)15-17-11-9-16(10-12-17)14-24-20(25)19-8-5-13-23-21(19)28-18-6-3-2-4-7-18/h2-13,22H,14-15H2,1H3,(H,24,25). The fraction of sp³-hybridized carbons (Fsp3) is 0.143. The van der Waals surface area contributed by atoms with Crippen LogP contribution in [0, 0.1) is 0 Å². The van der Waals surface area contributed by atoms with Crippen LogP contribution in [0.5, 0.6) is 0 Å². The molecule has 0 fully saturated rings. The number of nitrogens with one attached hydrogen (secondary N) is 2. The van der Waals surface area contributed by atoms with E-state index in [9.17, 15) is 13.2 Å². The smallest absolute Gasteiger partial charge is 0.254 e. The number of rotatable bonds is 8. The molecular weight excluding hydrogens is 406 g/mol. The number of aromatic nitrogens is 1. The summed E-state index contributed by atoms with van der Waals surface area (Å²) in [7, 11) is -1.92. The summed E-state index contributed by atoms with van der Waals surface area (Å²) in [5.41, 5.74) is 2.08. The Kier molecular flexibility index (Phi) is 7.03. The van der Waals surface area contributed by atoms with E-state index in [1.807, 2.05) is 42.5 Å². The van der Waals surface area contributed by atoms with Crippen molar-refractivity contribution < 1.29 is 13.2 Å². The molecule has 0 bridgehead atoms. The highest BCUT2D eigenvalue weighted by atomic mass is 32.2. The second-order valence-electron chi connectivity index (χ2n) is 6.23. The van der Waals surface area contributed by atoms with E-state index in [-0.39, 0.29) is 11.7 Å². The van der Waals surface area contributed by atoms with E-state index in [0.717, 1.165) is 10.5 Å². The van der Waals surface area contributed by atoms with Gasteiger partial charge in [-0.2, -0.15) is 0 Å². The van der Waals surface area contributed by atoms with Crippen LogP contribution in [0.1, 0.15) is 21.5 Å². The highest BCUT2D eigenvalue weighted by Crippen LogP contribution is 2.28. The van der Waals surface area contributed by atoms with Gasteiger partial charge in [-0.25, -0.2) is 18.1 Å². The average molecular weight is 428 g/mol. The zero-order chi connectivity index (χ0) is 20.7. The molecule has 0 radical (unpaired) electrons. The van der Waals surface area contributed by atoms with Crippen LogP contribution < -0.4 is 10.0 Å². The predicted molar refractivity (Wildman–Crippen MR) is 114 cm³/mol. The number of sulfonamides is 1. The third-order valence-corrected chi connectivity index (χ3v) is 6.48. The Morgan fingerprint density at radius 3 is 2.34 bits per heavy atom. The van der Waals surface area contributed by atoms with Crippen molar-refractivity contribution in [2.75, 3.05) is 7.05 Å². The fourth-order valence-corrected chi connectivity index (χ4v) is 4.24. The minimum atomic E-state index is -3.31. The topological polar surface area (TPSA) is 88.2 Å². The molecule has 1 aromatic heterocycles. The van der Waals surface area contributed by atoms with Gasteiger partial charge in [-0.3, -0.25) is 4.79 Å². The summed E-state index contributed by atoms with van der Waals surface area (Å²) in [5.74, 6) is -0.287. The Balaban J connectivity index is 1.64. The molecule has 150 valence electrons. The van der Waals surface area contributed by atoms with Crippen molar-refractivity contribution in [3.05, 3.63) is 89.6 Å². The van der Waals surface area contributed by atoms with Crippen LogP contribution in [-0.4, -0.2) is 26.4 Å². The minimum absolute atomic E-state index is 0.0775. The molecule has 2 N–H and O–H groups in total. The lowest BCUT2D eigenvalue weighted by Gasteiger charge is -2.10. The van der Waals surface area contributed by atoms with Crippen LogP contribution in [0.4, 0.5) is 0 Å². The molecule has 8 heteroatoms. The van der Waals surface area contributed by atoms with Gasteiger partial charge in [0, 0.05) is 17.6 Å². The van der Waals surface area contributed by atoms with Crippen molar-refractivity contribution in [3.8, 4) is 0 Å². The molecule has 29 heavy (non-hydrogen) atoms. The number of carbonyl (C=O) groups excluding carboxylic acids is 1. The van der Waals surface area contributed by atoms with Crippen LogP contribution in [-0.2, 0) is 22.3 Å². The van der Waals surface area contributed by atoms with Gasteiger partial charge in [-0.05, 0) is 42.4 Å². The number of amides is 1. The lowest BCUT2D eigenvalue weighted by molar-refractivity contribution is 0.0947. The number of carbonyl (C=O) groups is 1. The molecule has 0 aliphatic carbocycles. The van der Waals surface area contributed by atoms with Crippen molar-refractivity contribution in [2.45, 2.75) is 22.2 Å².